The van der Waals surface area contributed by atoms with Gasteiger partial charge in [-0.15, -0.1) is 0 Å². The maximum atomic E-state index is 12.3. The molecular formula is C17H16N2O. The van der Waals surface area contributed by atoms with Crippen LogP contribution in [0.2, 0.25) is 0 Å². The molecule has 0 saturated heterocycles. The van der Waals surface area contributed by atoms with Crippen LogP contribution in [0.3, 0.4) is 0 Å². The van der Waals surface area contributed by atoms with Crippen LogP contribution in [0.25, 0.3) is 0 Å². The first-order valence-corrected chi connectivity index (χ1v) is 6.77. The van der Waals surface area contributed by atoms with Crippen LogP contribution < -0.4 is 0 Å². The van der Waals surface area contributed by atoms with Crippen LogP contribution in [0.1, 0.15) is 28.4 Å². The molecule has 0 N–H and O–H groups in total. The molecule has 1 unspecified atom stereocenters. The van der Waals surface area contributed by atoms with E-state index in [0.29, 0.717) is 6.54 Å². The second kappa shape index (κ2) is 5.70. The second-order valence-electron chi connectivity index (χ2n) is 4.85. The van der Waals surface area contributed by atoms with Crippen molar-refractivity contribution in [2.75, 3.05) is 6.54 Å². The molecule has 3 heteroatoms. The molecule has 3 nitrogen and oxygen atoms in total. The van der Waals surface area contributed by atoms with Gasteiger partial charge in [-0.25, -0.2) is 0 Å². The summed E-state index contributed by atoms with van der Waals surface area (Å²) in [6, 6.07) is 19.7. The van der Waals surface area contributed by atoms with Gasteiger partial charge in [0.05, 0.1) is 6.04 Å². The molecule has 3 rings (SSSR count). The molecule has 0 radical (unpaired) electrons. The van der Waals surface area contributed by atoms with E-state index < -0.39 is 0 Å². The smallest absolute Gasteiger partial charge is 0.183 e. The molecule has 0 spiro atoms. The molecule has 0 bridgehead atoms. The van der Waals surface area contributed by atoms with Gasteiger partial charge >= 0.3 is 0 Å². The Balaban J connectivity index is 1.74. The first-order valence-electron chi connectivity index (χ1n) is 6.77. The van der Waals surface area contributed by atoms with Gasteiger partial charge in [-0.05, 0) is 5.56 Å². The Morgan fingerprint density at radius 2 is 1.70 bits per heavy atom. The minimum Gasteiger partial charge on any atom is -0.292 e. The fraction of sp³-hybridized carbons (Fsp3) is 0.176. The fourth-order valence-corrected chi connectivity index (χ4v) is 2.45. The highest BCUT2D eigenvalue weighted by molar-refractivity contribution is 5.97. The first kappa shape index (κ1) is 12.6. The zero-order valence-electron chi connectivity index (χ0n) is 11.1. The first-order chi connectivity index (χ1) is 9.84. The maximum absolute atomic E-state index is 12.3. The fourth-order valence-electron chi connectivity index (χ4n) is 2.45. The van der Waals surface area contributed by atoms with Gasteiger partial charge in [0.25, 0.3) is 0 Å². The topological polar surface area (TPSA) is 32.7 Å². The summed E-state index contributed by atoms with van der Waals surface area (Å²) in [5.74, 6) is 0.102. The van der Waals surface area contributed by atoms with Crippen molar-refractivity contribution in [2.45, 2.75) is 12.5 Å². The van der Waals surface area contributed by atoms with Gasteiger partial charge in [-0.1, -0.05) is 60.7 Å². The summed E-state index contributed by atoms with van der Waals surface area (Å²) in [5.41, 5.74) is 1.94. The normalized spacial score (nSPS) is 17.4. The zero-order valence-corrected chi connectivity index (χ0v) is 11.1. The second-order valence-corrected chi connectivity index (χ2v) is 4.85. The number of benzene rings is 2. The SMILES string of the molecule is O=C(CN1N=CCC1c1ccccc1)c1ccccc1. The molecule has 1 heterocycles. The molecule has 0 aliphatic carbocycles. The van der Waals surface area contributed by atoms with Gasteiger partial charge in [0.1, 0.15) is 6.54 Å². The highest BCUT2D eigenvalue weighted by Gasteiger charge is 2.24. The van der Waals surface area contributed by atoms with Gasteiger partial charge in [0.2, 0.25) is 0 Å². The molecule has 0 aromatic heterocycles. The third-order valence-corrected chi connectivity index (χ3v) is 3.50. The quantitative estimate of drug-likeness (QED) is 0.794. The number of hydrogen-bond acceptors (Lipinski definition) is 3. The van der Waals surface area contributed by atoms with E-state index in [9.17, 15) is 4.79 Å². The zero-order chi connectivity index (χ0) is 13.8. The van der Waals surface area contributed by atoms with Gasteiger partial charge in [-0.3, -0.25) is 9.80 Å². The van der Waals surface area contributed by atoms with Crippen molar-refractivity contribution in [3.05, 3.63) is 71.8 Å². The molecular weight excluding hydrogens is 248 g/mol. The third kappa shape index (κ3) is 2.62. The number of Topliss-reactive ketones (excluding diaryl/α,β-unsaturated/α-hetero) is 1. The number of nitrogens with zero attached hydrogens (tertiary/aromatic N) is 2. The summed E-state index contributed by atoms with van der Waals surface area (Å²) in [6.45, 7) is 0.320. The van der Waals surface area contributed by atoms with E-state index in [4.69, 9.17) is 0 Å². The van der Waals surface area contributed by atoms with Crippen molar-refractivity contribution in [2.24, 2.45) is 5.10 Å². The van der Waals surface area contributed by atoms with Crippen LogP contribution in [-0.2, 0) is 0 Å². The highest BCUT2D eigenvalue weighted by Crippen LogP contribution is 2.27. The molecule has 1 aliphatic rings. The Labute approximate surface area is 118 Å². The maximum Gasteiger partial charge on any atom is 0.183 e. The largest absolute Gasteiger partial charge is 0.292 e. The molecule has 2 aromatic rings. The predicted octanol–water partition coefficient (Wildman–Crippen LogP) is 3.30. The lowest BCUT2D eigenvalue weighted by Crippen LogP contribution is -2.26. The van der Waals surface area contributed by atoms with E-state index in [1.54, 1.807) is 0 Å². The van der Waals surface area contributed by atoms with Crippen LogP contribution in [0.5, 0.6) is 0 Å². The minimum absolute atomic E-state index is 0.102. The summed E-state index contributed by atoms with van der Waals surface area (Å²) in [5, 5.41) is 6.23. The average Bonchev–Trinajstić information content (AvgIpc) is 2.97. The average molecular weight is 264 g/mol. The Bertz CT molecular complexity index is 607. The van der Waals surface area contributed by atoms with Crippen molar-refractivity contribution in [3.8, 4) is 0 Å². The molecule has 1 aliphatic heterocycles. The number of rotatable bonds is 4. The lowest BCUT2D eigenvalue weighted by molar-refractivity contribution is 0.0910. The van der Waals surface area contributed by atoms with Crippen molar-refractivity contribution in [1.82, 2.24) is 5.01 Å². The van der Waals surface area contributed by atoms with E-state index in [2.05, 4.69) is 17.2 Å². The van der Waals surface area contributed by atoms with E-state index in [-0.39, 0.29) is 11.8 Å². The molecule has 0 amide bonds. The Morgan fingerprint density at radius 1 is 1.05 bits per heavy atom. The van der Waals surface area contributed by atoms with Crippen LogP contribution in [0.15, 0.2) is 65.8 Å². The van der Waals surface area contributed by atoms with E-state index in [1.807, 2.05) is 59.8 Å². The van der Waals surface area contributed by atoms with E-state index in [1.165, 1.54) is 5.56 Å². The van der Waals surface area contributed by atoms with Gasteiger partial charge in [0.15, 0.2) is 5.78 Å². The van der Waals surface area contributed by atoms with Crippen molar-refractivity contribution < 1.29 is 4.79 Å². The number of ketones is 1. The Hall–Kier alpha value is -2.42. The number of hydrazone groups is 1. The van der Waals surface area contributed by atoms with Gasteiger partial charge in [-0.2, -0.15) is 5.10 Å². The Kier molecular flexibility index (Phi) is 3.59. The molecule has 0 saturated carbocycles. The summed E-state index contributed by atoms with van der Waals surface area (Å²) in [6.07, 6.45) is 2.74. The standard InChI is InChI=1S/C17H16N2O/c20-17(15-9-5-2-6-10-15)13-19-16(11-12-18-19)14-7-3-1-4-8-14/h1-10,12,16H,11,13H2. The summed E-state index contributed by atoms with van der Waals surface area (Å²) >= 11 is 0. The van der Waals surface area contributed by atoms with Crippen molar-refractivity contribution in [3.63, 3.8) is 0 Å². The monoisotopic (exact) mass is 264 g/mol. The van der Waals surface area contributed by atoms with Crippen LogP contribution in [-0.4, -0.2) is 23.6 Å². The minimum atomic E-state index is 0.102. The lowest BCUT2D eigenvalue weighted by atomic mass is 10.0. The molecule has 0 fully saturated rings. The molecule has 2 aromatic carbocycles. The van der Waals surface area contributed by atoms with Crippen molar-refractivity contribution in [1.29, 1.82) is 0 Å². The van der Waals surface area contributed by atoms with E-state index >= 15 is 0 Å². The van der Waals surface area contributed by atoms with Crippen LogP contribution in [0, 0.1) is 0 Å². The molecule has 20 heavy (non-hydrogen) atoms. The van der Waals surface area contributed by atoms with Crippen LogP contribution in [0.4, 0.5) is 0 Å². The Morgan fingerprint density at radius 3 is 2.40 bits per heavy atom. The number of carbonyl (C=O) groups is 1. The highest BCUT2D eigenvalue weighted by atomic mass is 16.1. The van der Waals surface area contributed by atoms with Crippen molar-refractivity contribution >= 4 is 12.0 Å². The number of carbonyl (C=O) groups excluding carboxylic acids is 1. The predicted molar refractivity (Wildman–Crippen MR) is 79.8 cm³/mol. The molecule has 1 atom stereocenters. The van der Waals surface area contributed by atoms with Gasteiger partial charge in [0, 0.05) is 18.2 Å². The van der Waals surface area contributed by atoms with Crippen LogP contribution >= 0.6 is 0 Å². The summed E-state index contributed by atoms with van der Waals surface area (Å²) < 4.78 is 0. The number of hydrogen-bond donors (Lipinski definition) is 0. The van der Waals surface area contributed by atoms with E-state index in [0.717, 1.165) is 12.0 Å². The molecule has 100 valence electrons. The third-order valence-electron chi connectivity index (χ3n) is 3.50. The summed E-state index contributed by atoms with van der Waals surface area (Å²) in [4.78, 5) is 12.3. The summed E-state index contributed by atoms with van der Waals surface area (Å²) in [7, 11) is 0. The van der Waals surface area contributed by atoms with Gasteiger partial charge < -0.3 is 0 Å². The lowest BCUT2D eigenvalue weighted by Gasteiger charge is -2.23.